The van der Waals surface area contributed by atoms with E-state index in [1.54, 1.807) is 14.2 Å². The fraction of sp³-hybridized carbons (Fsp3) is 0.118. The molecule has 0 N–H and O–H groups in total. The van der Waals surface area contributed by atoms with Crippen LogP contribution in [0.1, 0.15) is 0 Å². The van der Waals surface area contributed by atoms with Crippen molar-refractivity contribution in [2.75, 3.05) is 14.2 Å². The third kappa shape index (κ3) is 2.72. The highest BCUT2D eigenvalue weighted by atomic mass is 79.9. The summed E-state index contributed by atoms with van der Waals surface area (Å²) in [4.78, 5) is 0. The Hall–Kier alpha value is -2.27. The van der Waals surface area contributed by atoms with Gasteiger partial charge in [-0.15, -0.1) is 0 Å². The maximum Gasteiger partial charge on any atom is 0.181 e. The van der Waals surface area contributed by atoms with Crippen LogP contribution in [0.2, 0.25) is 0 Å². The predicted molar refractivity (Wildman–Crippen MR) is 88.2 cm³/mol. The Balaban J connectivity index is 1.96. The van der Waals surface area contributed by atoms with Gasteiger partial charge in [-0.2, -0.15) is 0 Å². The number of hydrogen-bond donors (Lipinski definition) is 0. The van der Waals surface area contributed by atoms with Crippen LogP contribution < -0.4 is 9.47 Å². The number of aromatic nitrogens is 1. The normalized spacial score (nSPS) is 10.5. The molecule has 5 heteroatoms. The van der Waals surface area contributed by atoms with E-state index in [1.807, 2.05) is 48.5 Å². The lowest BCUT2D eigenvalue weighted by molar-refractivity contribution is 0.414. The molecule has 3 aromatic rings. The van der Waals surface area contributed by atoms with E-state index >= 15 is 0 Å². The van der Waals surface area contributed by atoms with Crippen LogP contribution in [0.15, 0.2) is 57.5 Å². The maximum absolute atomic E-state index is 5.50. The standard InChI is InChI=1S/C17H14BrNO3/c1-20-13-7-3-11(4-8-13)16-15(18)17(22-19-16)12-5-9-14(21-2)10-6-12/h3-10H,1-2H3. The molecule has 112 valence electrons. The quantitative estimate of drug-likeness (QED) is 0.671. The summed E-state index contributed by atoms with van der Waals surface area (Å²) in [5.41, 5.74) is 2.64. The molecule has 0 amide bonds. The SMILES string of the molecule is COc1ccc(-c2noc(-c3ccc(OC)cc3)c2Br)cc1. The summed E-state index contributed by atoms with van der Waals surface area (Å²) in [6.07, 6.45) is 0. The van der Waals surface area contributed by atoms with Crippen LogP contribution in [0.5, 0.6) is 11.5 Å². The Labute approximate surface area is 136 Å². The summed E-state index contributed by atoms with van der Waals surface area (Å²) in [7, 11) is 3.28. The van der Waals surface area contributed by atoms with Crippen molar-refractivity contribution in [3.8, 4) is 34.1 Å². The Bertz CT molecular complexity index is 699. The number of nitrogens with zero attached hydrogens (tertiary/aromatic N) is 1. The molecule has 1 aromatic heterocycles. The van der Waals surface area contributed by atoms with Gasteiger partial charge in [0.2, 0.25) is 0 Å². The Morgan fingerprint density at radius 1 is 0.818 bits per heavy atom. The van der Waals surface area contributed by atoms with Gasteiger partial charge in [0.15, 0.2) is 5.76 Å². The van der Waals surface area contributed by atoms with Crippen LogP contribution in [0.25, 0.3) is 22.6 Å². The summed E-state index contributed by atoms with van der Waals surface area (Å²) >= 11 is 3.58. The molecule has 0 bridgehead atoms. The molecular formula is C17H14BrNO3. The molecule has 0 aliphatic carbocycles. The molecule has 0 radical (unpaired) electrons. The van der Waals surface area contributed by atoms with Crippen molar-refractivity contribution < 1.29 is 14.0 Å². The molecule has 0 saturated heterocycles. The lowest BCUT2D eigenvalue weighted by Crippen LogP contribution is -1.83. The van der Waals surface area contributed by atoms with E-state index in [0.717, 1.165) is 32.8 Å². The number of ether oxygens (including phenoxy) is 2. The Kier molecular flexibility index (Phi) is 4.15. The first-order chi connectivity index (χ1) is 10.7. The van der Waals surface area contributed by atoms with Gasteiger partial charge in [0, 0.05) is 11.1 Å². The van der Waals surface area contributed by atoms with Crippen LogP contribution in [0.4, 0.5) is 0 Å². The third-order valence-corrected chi connectivity index (χ3v) is 4.09. The highest BCUT2D eigenvalue weighted by Crippen LogP contribution is 2.37. The average Bonchev–Trinajstić information content (AvgIpc) is 2.96. The Morgan fingerprint density at radius 3 is 1.82 bits per heavy atom. The van der Waals surface area contributed by atoms with Crippen LogP contribution in [0, 0.1) is 0 Å². The molecule has 0 fully saturated rings. The van der Waals surface area contributed by atoms with Crippen LogP contribution >= 0.6 is 15.9 Å². The third-order valence-electron chi connectivity index (χ3n) is 3.35. The van der Waals surface area contributed by atoms with Gasteiger partial charge in [-0.05, 0) is 64.5 Å². The lowest BCUT2D eigenvalue weighted by Gasteiger charge is -2.02. The summed E-state index contributed by atoms with van der Waals surface area (Å²) in [6.45, 7) is 0. The predicted octanol–water partition coefficient (Wildman–Crippen LogP) is 4.79. The fourth-order valence-corrected chi connectivity index (χ4v) is 2.73. The lowest BCUT2D eigenvalue weighted by atomic mass is 10.1. The molecule has 0 aliphatic heterocycles. The molecular weight excluding hydrogens is 346 g/mol. The zero-order valence-electron chi connectivity index (χ0n) is 12.2. The van der Waals surface area contributed by atoms with Gasteiger partial charge < -0.3 is 14.0 Å². The van der Waals surface area contributed by atoms with E-state index in [0.29, 0.717) is 5.76 Å². The van der Waals surface area contributed by atoms with Crippen molar-refractivity contribution >= 4 is 15.9 Å². The minimum atomic E-state index is 0.688. The van der Waals surface area contributed by atoms with Crippen molar-refractivity contribution in [1.82, 2.24) is 5.16 Å². The first-order valence-electron chi connectivity index (χ1n) is 6.67. The summed E-state index contributed by atoms with van der Waals surface area (Å²) in [6, 6.07) is 15.3. The van der Waals surface area contributed by atoms with Crippen LogP contribution in [-0.4, -0.2) is 19.4 Å². The van der Waals surface area contributed by atoms with Crippen molar-refractivity contribution in [1.29, 1.82) is 0 Å². The summed E-state index contributed by atoms with van der Waals surface area (Å²) < 4.78 is 16.6. The van der Waals surface area contributed by atoms with E-state index in [1.165, 1.54) is 0 Å². The number of methoxy groups -OCH3 is 2. The number of benzene rings is 2. The molecule has 3 rings (SSSR count). The molecule has 0 unspecified atom stereocenters. The zero-order valence-corrected chi connectivity index (χ0v) is 13.8. The number of halogens is 1. The van der Waals surface area contributed by atoms with E-state index in [4.69, 9.17) is 14.0 Å². The molecule has 0 aliphatic rings. The molecule has 1 heterocycles. The average molecular weight is 360 g/mol. The minimum Gasteiger partial charge on any atom is -0.497 e. The van der Waals surface area contributed by atoms with Gasteiger partial charge >= 0.3 is 0 Å². The number of hydrogen-bond acceptors (Lipinski definition) is 4. The van der Waals surface area contributed by atoms with E-state index < -0.39 is 0 Å². The van der Waals surface area contributed by atoms with Crippen molar-refractivity contribution in [2.45, 2.75) is 0 Å². The van der Waals surface area contributed by atoms with E-state index in [-0.39, 0.29) is 0 Å². The summed E-state index contributed by atoms with van der Waals surface area (Å²) in [5, 5.41) is 4.17. The zero-order chi connectivity index (χ0) is 15.5. The first kappa shape index (κ1) is 14.7. The van der Waals surface area contributed by atoms with Gasteiger partial charge in [-0.1, -0.05) is 5.16 Å². The second-order valence-corrected chi connectivity index (χ2v) is 5.42. The molecule has 0 atom stereocenters. The van der Waals surface area contributed by atoms with E-state index in [9.17, 15) is 0 Å². The fourth-order valence-electron chi connectivity index (χ4n) is 2.13. The Morgan fingerprint density at radius 2 is 1.32 bits per heavy atom. The minimum absolute atomic E-state index is 0.688. The second-order valence-electron chi connectivity index (χ2n) is 4.63. The van der Waals surface area contributed by atoms with Crippen LogP contribution in [0.3, 0.4) is 0 Å². The van der Waals surface area contributed by atoms with E-state index in [2.05, 4.69) is 21.1 Å². The summed E-state index contributed by atoms with van der Waals surface area (Å²) in [5.74, 6) is 2.29. The number of rotatable bonds is 4. The van der Waals surface area contributed by atoms with Crippen molar-refractivity contribution in [3.63, 3.8) is 0 Å². The molecule has 22 heavy (non-hydrogen) atoms. The molecule has 0 saturated carbocycles. The smallest absolute Gasteiger partial charge is 0.181 e. The van der Waals surface area contributed by atoms with Crippen molar-refractivity contribution in [2.24, 2.45) is 0 Å². The molecule has 0 spiro atoms. The van der Waals surface area contributed by atoms with Gasteiger partial charge in [-0.25, -0.2) is 0 Å². The van der Waals surface area contributed by atoms with Gasteiger partial charge in [-0.3, -0.25) is 0 Å². The molecule has 2 aromatic carbocycles. The monoisotopic (exact) mass is 359 g/mol. The second kappa shape index (κ2) is 6.23. The topological polar surface area (TPSA) is 44.5 Å². The molecule has 4 nitrogen and oxygen atoms in total. The largest absolute Gasteiger partial charge is 0.497 e. The van der Waals surface area contributed by atoms with Gasteiger partial charge in [0.05, 0.1) is 18.7 Å². The van der Waals surface area contributed by atoms with Gasteiger partial charge in [0.25, 0.3) is 0 Å². The highest BCUT2D eigenvalue weighted by molar-refractivity contribution is 9.10. The highest BCUT2D eigenvalue weighted by Gasteiger charge is 2.16. The maximum atomic E-state index is 5.50. The van der Waals surface area contributed by atoms with Crippen LogP contribution in [-0.2, 0) is 0 Å². The van der Waals surface area contributed by atoms with Crippen molar-refractivity contribution in [3.05, 3.63) is 53.0 Å². The first-order valence-corrected chi connectivity index (χ1v) is 7.46. The van der Waals surface area contributed by atoms with Gasteiger partial charge in [0.1, 0.15) is 17.2 Å².